The van der Waals surface area contributed by atoms with Gasteiger partial charge in [0.1, 0.15) is 5.75 Å². The van der Waals surface area contributed by atoms with E-state index in [0.29, 0.717) is 12.1 Å². The molecule has 0 aliphatic heterocycles. The fourth-order valence-electron chi connectivity index (χ4n) is 2.70. The smallest absolute Gasteiger partial charge is 0.260 e. The third kappa shape index (κ3) is 4.20. The highest BCUT2D eigenvalue weighted by Crippen LogP contribution is 2.32. The van der Waals surface area contributed by atoms with E-state index in [1.807, 2.05) is 62.6 Å². The topological polar surface area (TPSA) is 45.7 Å². The van der Waals surface area contributed by atoms with E-state index in [1.54, 1.807) is 12.0 Å². The van der Waals surface area contributed by atoms with Crippen molar-refractivity contribution in [3.8, 4) is 5.75 Å². The minimum absolute atomic E-state index is 0.0182. The van der Waals surface area contributed by atoms with Crippen molar-refractivity contribution in [2.45, 2.75) is 6.42 Å². The van der Waals surface area contributed by atoms with Crippen molar-refractivity contribution in [1.29, 1.82) is 0 Å². The Labute approximate surface area is 157 Å². The fourth-order valence-corrected chi connectivity index (χ4v) is 3.67. The summed E-state index contributed by atoms with van der Waals surface area (Å²) < 4.78 is 6.32. The molecule has 0 spiro atoms. The van der Waals surface area contributed by atoms with E-state index in [-0.39, 0.29) is 5.91 Å². The van der Waals surface area contributed by atoms with Crippen molar-refractivity contribution >= 4 is 32.6 Å². The van der Waals surface area contributed by atoms with Crippen LogP contribution in [0.25, 0.3) is 10.2 Å². The standard InChI is InChI=1S/C20H23N3O2S/c1-22(2)12-7-13-23(19(24)15-8-5-4-6-9-15)20-21-17-14-16(25-3)10-11-18(17)26-20/h4-6,8-11,14H,7,12-13H2,1-3H3. The summed E-state index contributed by atoms with van der Waals surface area (Å²) in [5.74, 6) is 0.748. The van der Waals surface area contributed by atoms with Gasteiger partial charge in [0.05, 0.1) is 17.3 Å². The van der Waals surface area contributed by atoms with E-state index in [4.69, 9.17) is 9.72 Å². The van der Waals surface area contributed by atoms with Crippen LogP contribution in [-0.4, -0.2) is 50.1 Å². The van der Waals surface area contributed by atoms with Crippen LogP contribution in [0.15, 0.2) is 48.5 Å². The van der Waals surface area contributed by atoms with Crippen LogP contribution >= 0.6 is 11.3 Å². The minimum Gasteiger partial charge on any atom is -0.497 e. The number of nitrogens with zero attached hydrogens (tertiary/aromatic N) is 3. The molecular weight excluding hydrogens is 346 g/mol. The molecule has 0 radical (unpaired) electrons. The Morgan fingerprint density at radius 1 is 1.12 bits per heavy atom. The molecule has 0 bridgehead atoms. The molecule has 1 aromatic heterocycles. The number of amides is 1. The van der Waals surface area contributed by atoms with Crippen LogP contribution in [0, 0.1) is 0 Å². The summed E-state index contributed by atoms with van der Waals surface area (Å²) in [6.07, 6.45) is 0.880. The number of hydrogen-bond acceptors (Lipinski definition) is 5. The average Bonchev–Trinajstić information content (AvgIpc) is 3.07. The van der Waals surface area contributed by atoms with Gasteiger partial charge in [-0.1, -0.05) is 29.5 Å². The average molecular weight is 369 g/mol. The lowest BCUT2D eigenvalue weighted by atomic mass is 10.2. The molecule has 136 valence electrons. The fraction of sp³-hybridized carbons (Fsp3) is 0.300. The van der Waals surface area contributed by atoms with Gasteiger partial charge in [0.2, 0.25) is 0 Å². The lowest BCUT2D eigenvalue weighted by Gasteiger charge is -2.21. The molecule has 1 amide bonds. The first-order valence-corrected chi connectivity index (χ1v) is 9.36. The Bertz CT molecular complexity index is 877. The van der Waals surface area contributed by atoms with E-state index >= 15 is 0 Å². The number of ether oxygens (including phenoxy) is 1. The Morgan fingerprint density at radius 3 is 2.58 bits per heavy atom. The lowest BCUT2D eigenvalue weighted by molar-refractivity contribution is 0.0986. The largest absolute Gasteiger partial charge is 0.497 e. The molecule has 3 aromatic rings. The minimum atomic E-state index is -0.0182. The van der Waals surface area contributed by atoms with E-state index in [0.717, 1.165) is 34.1 Å². The monoisotopic (exact) mass is 369 g/mol. The second-order valence-corrected chi connectivity index (χ2v) is 7.32. The van der Waals surface area contributed by atoms with Crippen LogP contribution in [0.5, 0.6) is 5.75 Å². The number of methoxy groups -OCH3 is 1. The molecule has 0 N–H and O–H groups in total. The summed E-state index contributed by atoms with van der Waals surface area (Å²) in [4.78, 5) is 21.7. The summed E-state index contributed by atoms with van der Waals surface area (Å²) in [6.45, 7) is 1.54. The maximum atomic E-state index is 13.1. The Hall–Kier alpha value is -2.44. The van der Waals surface area contributed by atoms with Gasteiger partial charge in [0.25, 0.3) is 5.91 Å². The highest BCUT2D eigenvalue weighted by Gasteiger charge is 2.21. The molecule has 3 rings (SSSR count). The van der Waals surface area contributed by atoms with Crippen molar-refractivity contribution in [1.82, 2.24) is 9.88 Å². The molecule has 0 atom stereocenters. The van der Waals surface area contributed by atoms with E-state index < -0.39 is 0 Å². The number of anilines is 1. The number of hydrogen-bond donors (Lipinski definition) is 0. The van der Waals surface area contributed by atoms with E-state index in [2.05, 4.69) is 4.90 Å². The third-order valence-corrected chi connectivity index (χ3v) is 5.13. The Balaban J connectivity index is 1.92. The van der Waals surface area contributed by atoms with Gasteiger partial charge < -0.3 is 9.64 Å². The molecule has 26 heavy (non-hydrogen) atoms. The maximum absolute atomic E-state index is 13.1. The van der Waals surface area contributed by atoms with E-state index in [9.17, 15) is 4.79 Å². The van der Waals surface area contributed by atoms with Crippen LogP contribution < -0.4 is 9.64 Å². The van der Waals surface area contributed by atoms with Crippen molar-refractivity contribution in [2.24, 2.45) is 0 Å². The Kier molecular flexibility index (Phi) is 5.85. The van der Waals surface area contributed by atoms with Crippen LogP contribution in [0.2, 0.25) is 0 Å². The highest BCUT2D eigenvalue weighted by atomic mass is 32.1. The van der Waals surface area contributed by atoms with Crippen molar-refractivity contribution in [3.63, 3.8) is 0 Å². The zero-order chi connectivity index (χ0) is 18.5. The zero-order valence-corrected chi connectivity index (χ0v) is 16.1. The lowest BCUT2D eigenvalue weighted by Crippen LogP contribution is -2.33. The highest BCUT2D eigenvalue weighted by molar-refractivity contribution is 7.22. The van der Waals surface area contributed by atoms with Crippen molar-refractivity contribution in [2.75, 3.05) is 39.2 Å². The van der Waals surface area contributed by atoms with Crippen molar-refractivity contribution < 1.29 is 9.53 Å². The summed E-state index contributed by atoms with van der Waals surface area (Å²) in [6, 6.07) is 15.2. The number of carbonyl (C=O) groups is 1. The van der Waals surface area contributed by atoms with Crippen molar-refractivity contribution in [3.05, 3.63) is 54.1 Å². The number of thiazole rings is 1. The predicted molar refractivity (Wildman–Crippen MR) is 107 cm³/mol. The molecule has 0 saturated carbocycles. The molecule has 0 unspecified atom stereocenters. The molecule has 2 aromatic carbocycles. The molecular formula is C20H23N3O2S. The van der Waals surface area contributed by atoms with Gasteiger partial charge in [-0.05, 0) is 51.3 Å². The second kappa shape index (κ2) is 8.29. The first kappa shape index (κ1) is 18.4. The quantitative estimate of drug-likeness (QED) is 0.634. The van der Waals surface area contributed by atoms with Crippen LogP contribution in [0.4, 0.5) is 5.13 Å². The van der Waals surface area contributed by atoms with Crippen LogP contribution in [0.1, 0.15) is 16.8 Å². The van der Waals surface area contributed by atoms with Crippen LogP contribution in [-0.2, 0) is 0 Å². The van der Waals surface area contributed by atoms with E-state index in [1.165, 1.54) is 11.3 Å². The SMILES string of the molecule is COc1ccc2sc(N(CCCN(C)C)C(=O)c3ccccc3)nc2c1. The first-order chi connectivity index (χ1) is 12.6. The van der Waals surface area contributed by atoms with Gasteiger partial charge in [-0.15, -0.1) is 0 Å². The normalized spacial score (nSPS) is 11.1. The first-order valence-electron chi connectivity index (χ1n) is 8.54. The second-order valence-electron chi connectivity index (χ2n) is 6.31. The molecule has 5 nitrogen and oxygen atoms in total. The number of fused-ring (bicyclic) bond motifs is 1. The summed E-state index contributed by atoms with van der Waals surface area (Å²) in [7, 11) is 5.71. The van der Waals surface area contributed by atoms with Gasteiger partial charge in [0.15, 0.2) is 5.13 Å². The zero-order valence-electron chi connectivity index (χ0n) is 15.3. The van der Waals surface area contributed by atoms with Gasteiger partial charge in [0, 0.05) is 18.2 Å². The molecule has 0 aliphatic rings. The maximum Gasteiger partial charge on any atom is 0.260 e. The third-order valence-electron chi connectivity index (χ3n) is 4.07. The molecule has 0 aliphatic carbocycles. The predicted octanol–water partition coefficient (Wildman–Crippen LogP) is 3.90. The number of rotatable bonds is 7. The van der Waals surface area contributed by atoms with Gasteiger partial charge in [-0.25, -0.2) is 4.98 Å². The summed E-state index contributed by atoms with van der Waals surface area (Å²) in [5, 5.41) is 0.723. The Morgan fingerprint density at radius 2 is 1.88 bits per heavy atom. The van der Waals surface area contributed by atoms with Crippen LogP contribution in [0.3, 0.4) is 0 Å². The molecule has 6 heteroatoms. The number of benzene rings is 2. The summed E-state index contributed by atoms with van der Waals surface area (Å²) >= 11 is 1.53. The number of aromatic nitrogens is 1. The molecule has 0 fully saturated rings. The molecule has 0 saturated heterocycles. The van der Waals surface area contributed by atoms with Gasteiger partial charge in [-0.3, -0.25) is 9.69 Å². The molecule has 1 heterocycles. The number of carbonyl (C=O) groups excluding carboxylic acids is 1. The summed E-state index contributed by atoms with van der Waals surface area (Å²) in [5.41, 5.74) is 1.53. The van der Waals surface area contributed by atoms with Gasteiger partial charge in [-0.2, -0.15) is 0 Å². The van der Waals surface area contributed by atoms with Gasteiger partial charge >= 0.3 is 0 Å².